The lowest BCUT2D eigenvalue weighted by atomic mass is 10.2. The van der Waals surface area contributed by atoms with E-state index >= 15 is 0 Å². The number of carbonyl (C=O) groups excluding carboxylic acids is 2. The fourth-order valence-electron chi connectivity index (χ4n) is 4.30. The molecule has 2 aromatic heterocycles. The summed E-state index contributed by atoms with van der Waals surface area (Å²) in [6, 6.07) is 8.48. The number of nitrogens with zero attached hydrogens (tertiary/aromatic N) is 4. The van der Waals surface area contributed by atoms with E-state index in [1.165, 1.54) is 17.8 Å². The minimum absolute atomic E-state index is 0.0308. The summed E-state index contributed by atoms with van der Waals surface area (Å²) in [6.07, 6.45) is 2.78. The van der Waals surface area contributed by atoms with Gasteiger partial charge >= 0.3 is 11.7 Å². The first kappa shape index (κ1) is 28.0. The number of anilines is 1. The molecule has 0 saturated carbocycles. The van der Waals surface area contributed by atoms with Crippen LogP contribution in [0.3, 0.4) is 0 Å². The van der Waals surface area contributed by atoms with Gasteiger partial charge in [0.15, 0.2) is 16.4 Å². The van der Waals surface area contributed by atoms with Gasteiger partial charge in [-0.1, -0.05) is 41.9 Å². The van der Waals surface area contributed by atoms with E-state index in [0.29, 0.717) is 17.7 Å². The van der Waals surface area contributed by atoms with Crippen molar-refractivity contribution in [2.45, 2.75) is 25.9 Å². The van der Waals surface area contributed by atoms with Crippen LogP contribution >= 0.6 is 11.6 Å². The van der Waals surface area contributed by atoms with Crippen molar-refractivity contribution in [2.75, 3.05) is 23.8 Å². The number of carbonyl (C=O) groups is 2. The van der Waals surface area contributed by atoms with Crippen LogP contribution in [-0.4, -0.2) is 57.2 Å². The highest BCUT2D eigenvalue weighted by Crippen LogP contribution is 2.30. The Hall–Kier alpha value is -3.97. The highest BCUT2D eigenvalue weighted by molar-refractivity contribution is 7.91. The quantitative estimate of drug-likeness (QED) is 0.235. The molecule has 2 N–H and O–H groups in total. The van der Waals surface area contributed by atoms with Crippen LogP contribution in [0.2, 0.25) is 5.15 Å². The molecule has 0 bridgehead atoms. The zero-order chi connectivity index (χ0) is 28.5. The third-order valence-electron chi connectivity index (χ3n) is 6.40. The summed E-state index contributed by atoms with van der Waals surface area (Å²) in [6.45, 7) is 0.893. The number of esters is 1. The first-order valence-electron chi connectivity index (χ1n) is 11.9. The van der Waals surface area contributed by atoms with E-state index < -0.39 is 51.1 Å². The minimum Gasteiger partial charge on any atom is -0.454 e. The summed E-state index contributed by atoms with van der Waals surface area (Å²) < 4.78 is 31.9. The van der Waals surface area contributed by atoms with E-state index in [1.54, 1.807) is 37.3 Å². The van der Waals surface area contributed by atoms with E-state index in [0.717, 1.165) is 20.8 Å². The molecule has 0 aliphatic carbocycles. The SMILES string of the molecule is Cc1nn(C2CCS(=O)(=O)C2)c(Cl)c1/C=C/C(=O)OCC(=O)c1c(N)n(Cc2ccccc2)c(=O)n(C)c1=O. The average molecular weight is 576 g/mol. The molecule has 1 aliphatic rings. The molecule has 1 aliphatic heterocycles. The largest absolute Gasteiger partial charge is 0.454 e. The standard InChI is InChI=1S/C25H26ClN5O7S/c1-15-18(22(26)31(28-15)17-10-11-39(36,37)14-17)8-9-20(33)38-13-19(32)21-23(27)30(25(35)29(2)24(21)34)12-16-6-4-3-5-7-16/h3-9,17H,10-14,27H2,1-2H3/b9-8+. The van der Waals surface area contributed by atoms with Gasteiger partial charge in [-0.2, -0.15) is 5.10 Å². The second-order valence-corrected chi connectivity index (χ2v) is 11.7. The van der Waals surface area contributed by atoms with Crippen LogP contribution in [0, 0.1) is 6.92 Å². The van der Waals surface area contributed by atoms with Crippen LogP contribution in [0.1, 0.15) is 39.6 Å². The fraction of sp³-hybridized carbons (Fsp3) is 0.320. The molecule has 12 nitrogen and oxygen atoms in total. The smallest absolute Gasteiger partial charge is 0.332 e. The number of hydrogen-bond donors (Lipinski definition) is 1. The van der Waals surface area contributed by atoms with Crippen molar-refractivity contribution < 1.29 is 22.7 Å². The molecule has 39 heavy (non-hydrogen) atoms. The predicted molar refractivity (Wildman–Crippen MR) is 145 cm³/mol. The molecule has 206 valence electrons. The number of nitrogen functional groups attached to an aromatic ring is 1. The molecule has 1 atom stereocenters. The highest BCUT2D eigenvalue weighted by atomic mass is 35.5. The van der Waals surface area contributed by atoms with Crippen molar-refractivity contribution in [3.05, 3.63) is 84.8 Å². The number of ether oxygens (including phenoxy) is 1. The fourth-order valence-corrected chi connectivity index (χ4v) is 6.37. The van der Waals surface area contributed by atoms with Crippen molar-refractivity contribution in [3.63, 3.8) is 0 Å². The van der Waals surface area contributed by atoms with Gasteiger partial charge in [0, 0.05) is 18.7 Å². The van der Waals surface area contributed by atoms with Crippen LogP contribution in [0.5, 0.6) is 0 Å². The lowest BCUT2D eigenvalue weighted by Crippen LogP contribution is -2.43. The van der Waals surface area contributed by atoms with Crippen molar-refractivity contribution in [1.82, 2.24) is 18.9 Å². The second-order valence-electron chi connectivity index (χ2n) is 9.13. The molecule has 4 rings (SSSR count). The number of Topliss-reactive ketones (excluding diaryl/α,β-unsaturated/α-hetero) is 1. The molecule has 0 amide bonds. The van der Waals surface area contributed by atoms with Gasteiger partial charge < -0.3 is 10.5 Å². The Morgan fingerprint density at radius 3 is 2.56 bits per heavy atom. The van der Waals surface area contributed by atoms with Crippen LogP contribution < -0.4 is 17.0 Å². The number of ketones is 1. The molecule has 1 fully saturated rings. The Bertz CT molecular complexity index is 1700. The molecule has 0 spiro atoms. The summed E-state index contributed by atoms with van der Waals surface area (Å²) in [5, 5.41) is 4.48. The van der Waals surface area contributed by atoms with Gasteiger partial charge in [0.05, 0.1) is 29.8 Å². The van der Waals surface area contributed by atoms with E-state index in [9.17, 15) is 27.6 Å². The van der Waals surface area contributed by atoms with Gasteiger partial charge in [0.1, 0.15) is 16.5 Å². The summed E-state index contributed by atoms with van der Waals surface area (Å²) in [7, 11) is -1.93. The molecular formula is C25H26ClN5O7S. The first-order chi connectivity index (χ1) is 18.4. The zero-order valence-corrected chi connectivity index (χ0v) is 22.7. The number of rotatable bonds is 8. The predicted octanol–water partition coefficient (Wildman–Crippen LogP) is 1.13. The maximum Gasteiger partial charge on any atom is 0.332 e. The maximum atomic E-state index is 12.9. The number of hydrogen-bond acceptors (Lipinski definition) is 9. The summed E-state index contributed by atoms with van der Waals surface area (Å²) in [4.78, 5) is 50.5. The molecule has 1 unspecified atom stereocenters. The van der Waals surface area contributed by atoms with Gasteiger partial charge in [0.2, 0.25) is 5.78 Å². The van der Waals surface area contributed by atoms with Crippen molar-refractivity contribution in [3.8, 4) is 0 Å². The minimum atomic E-state index is -3.15. The van der Waals surface area contributed by atoms with E-state index in [1.807, 2.05) is 0 Å². The van der Waals surface area contributed by atoms with Gasteiger partial charge in [-0.15, -0.1) is 0 Å². The van der Waals surface area contributed by atoms with Crippen LogP contribution in [0.15, 0.2) is 46.0 Å². The van der Waals surface area contributed by atoms with Gasteiger partial charge in [-0.05, 0) is 25.0 Å². The van der Waals surface area contributed by atoms with Gasteiger partial charge in [-0.3, -0.25) is 18.7 Å². The van der Waals surface area contributed by atoms with Gasteiger partial charge in [0.25, 0.3) is 5.56 Å². The molecule has 3 aromatic rings. The number of aryl methyl sites for hydroxylation is 1. The Labute approximate surface area is 228 Å². The average Bonchev–Trinajstić information content (AvgIpc) is 3.40. The Kier molecular flexibility index (Phi) is 7.93. The maximum absolute atomic E-state index is 12.9. The van der Waals surface area contributed by atoms with E-state index in [-0.39, 0.29) is 29.0 Å². The van der Waals surface area contributed by atoms with Crippen molar-refractivity contribution >= 4 is 45.1 Å². The van der Waals surface area contributed by atoms with Crippen molar-refractivity contribution in [2.24, 2.45) is 7.05 Å². The third-order valence-corrected chi connectivity index (χ3v) is 8.53. The van der Waals surface area contributed by atoms with Crippen LogP contribution in [0.25, 0.3) is 6.08 Å². The summed E-state index contributed by atoms with van der Waals surface area (Å²) in [5.74, 6) is -2.12. The molecule has 1 saturated heterocycles. The van der Waals surface area contributed by atoms with Crippen molar-refractivity contribution in [1.29, 1.82) is 0 Å². The Morgan fingerprint density at radius 2 is 1.92 bits per heavy atom. The topological polar surface area (TPSA) is 165 Å². The first-order valence-corrected chi connectivity index (χ1v) is 14.1. The molecule has 0 radical (unpaired) electrons. The number of nitrogens with two attached hydrogens (primary N) is 1. The number of halogens is 1. The lowest BCUT2D eigenvalue weighted by molar-refractivity contribution is -0.136. The second kappa shape index (κ2) is 11.0. The monoisotopic (exact) mass is 575 g/mol. The number of sulfone groups is 1. The molecular weight excluding hydrogens is 550 g/mol. The summed E-state index contributed by atoms with van der Waals surface area (Å²) >= 11 is 6.40. The van der Waals surface area contributed by atoms with Crippen LogP contribution in [-0.2, 0) is 33.0 Å². The van der Waals surface area contributed by atoms with Gasteiger partial charge in [-0.25, -0.2) is 22.7 Å². The molecule has 1 aromatic carbocycles. The normalized spacial score (nSPS) is 16.5. The number of benzene rings is 1. The van der Waals surface area contributed by atoms with E-state index in [4.69, 9.17) is 22.1 Å². The molecule has 14 heteroatoms. The summed E-state index contributed by atoms with van der Waals surface area (Å²) in [5.41, 5.74) is 5.60. The van der Waals surface area contributed by atoms with E-state index in [2.05, 4.69) is 5.10 Å². The van der Waals surface area contributed by atoms with Crippen LogP contribution in [0.4, 0.5) is 5.82 Å². The number of aromatic nitrogens is 4. The highest BCUT2D eigenvalue weighted by Gasteiger charge is 2.32. The Balaban J connectivity index is 1.48. The zero-order valence-electron chi connectivity index (χ0n) is 21.2. The molecule has 3 heterocycles. The third kappa shape index (κ3) is 5.88. The Morgan fingerprint density at radius 1 is 1.23 bits per heavy atom. The lowest BCUT2D eigenvalue weighted by Gasteiger charge is -2.14.